The molecule has 7 heteroatoms. The fourth-order valence-corrected chi connectivity index (χ4v) is 3.42. The molecule has 1 aliphatic carbocycles. The Hall–Kier alpha value is -2.02. The van der Waals surface area contributed by atoms with Crippen molar-refractivity contribution in [3.05, 3.63) is 24.2 Å². The topological polar surface area (TPSA) is 94.8 Å². The molecule has 0 spiro atoms. The number of hydrogen-bond donors (Lipinski definition) is 3. The fraction of sp³-hybridized carbons (Fsp3) is 0.647. The van der Waals surface area contributed by atoms with Crippen LogP contribution in [0.4, 0.5) is 4.79 Å². The third kappa shape index (κ3) is 4.29. The van der Waals surface area contributed by atoms with Gasteiger partial charge in [0.15, 0.2) is 5.76 Å². The molecule has 0 bridgehead atoms. The zero-order chi connectivity index (χ0) is 16.9. The number of nitrogens with zero attached hydrogens (tertiary/aromatic N) is 1. The molecule has 1 aliphatic heterocycles. The van der Waals surface area contributed by atoms with E-state index < -0.39 is 0 Å². The Labute approximate surface area is 141 Å². The summed E-state index contributed by atoms with van der Waals surface area (Å²) in [6.45, 7) is 1.22. The van der Waals surface area contributed by atoms with Crippen LogP contribution < -0.4 is 10.6 Å². The van der Waals surface area contributed by atoms with Crippen LogP contribution in [-0.4, -0.2) is 53.2 Å². The van der Waals surface area contributed by atoms with Gasteiger partial charge in [0.1, 0.15) is 0 Å². The van der Waals surface area contributed by atoms with Crippen molar-refractivity contribution in [2.45, 2.75) is 56.7 Å². The van der Waals surface area contributed by atoms with Crippen molar-refractivity contribution in [1.82, 2.24) is 15.5 Å². The predicted octanol–water partition coefficient (Wildman–Crippen LogP) is 1.49. The Balaban J connectivity index is 1.39. The third-order valence-corrected chi connectivity index (χ3v) is 4.88. The van der Waals surface area contributed by atoms with Gasteiger partial charge < -0.3 is 25.1 Å². The number of aliphatic hydroxyl groups is 1. The maximum atomic E-state index is 12.2. The van der Waals surface area contributed by atoms with E-state index in [4.69, 9.17) is 4.42 Å². The minimum atomic E-state index is -0.220. The summed E-state index contributed by atoms with van der Waals surface area (Å²) in [5, 5.41) is 15.5. The van der Waals surface area contributed by atoms with Crippen LogP contribution in [0.25, 0.3) is 0 Å². The van der Waals surface area contributed by atoms with Gasteiger partial charge in [0.2, 0.25) is 0 Å². The van der Waals surface area contributed by atoms with Crippen molar-refractivity contribution in [3.63, 3.8) is 0 Å². The molecule has 0 unspecified atom stereocenters. The molecular formula is C17H25N3O4. The Kier molecular flexibility index (Phi) is 5.40. The average molecular weight is 335 g/mol. The molecule has 3 N–H and O–H groups in total. The first-order valence-electron chi connectivity index (χ1n) is 8.69. The Morgan fingerprint density at radius 3 is 2.25 bits per heavy atom. The second-order valence-corrected chi connectivity index (χ2v) is 6.67. The zero-order valence-corrected chi connectivity index (χ0v) is 13.7. The van der Waals surface area contributed by atoms with Crippen LogP contribution in [0.3, 0.4) is 0 Å². The zero-order valence-electron chi connectivity index (χ0n) is 13.7. The lowest BCUT2D eigenvalue weighted by molar-refractivity contribution is 0.0675. The quantitative estimate of drug-likeness (QED) is 0.780. The van der Waals surface area contributed by atoms with Crippen LogP contribution in [0.2, 0.25) is 0 Å². The molecule has 0 atom stereocenters. The molecule has 1 aromatic rings. The number of furan rings is 1. The maximum Gasteiger partial charge on any atom is 0.315 e. The molecule has 2 heterocycles. The van der Waals surface area contributed by atoms with Crippen LogP contribution in [0.15, 0.2) is 22.8 Å². The van der Waals surface area contributed by atoms with E-state index in [9.17, 15) is 14.7 Å². The molecule has 0 radical (unpaired) electrons. The molecule has 1 aromatic heterocycles. The van der Waals surface area contributed by atoms with Gasteiger partial charge in [-0.1, -0.05) is 0 Å². The molecule has 3 amide bonds. The second kappa shape index (κ2) is 7.70. The number of aliphatic hydroxyl groups excluding tert-OH is 1. The molecule has 0 aromatic carbocycles. The lowest BCUT2D eigenvalue weighted by atomic mass is 9.93. The van der Waals surface area contributed by atoms with E-state index in [0.717, 1.165) is 38.5 Å². The summed E-state index contributed by atoms with van der Waals surface area (Å²) < 4.78 is 5.14. The van der Waals surface area contributed by atoms with Crippen molar-refractivity contribution in [2.75, 3.05) is 13.1 Å². The van der Waals surface area contributed by atoms with Crippen molar-refractivity contribution < 1.29 is 19.1 Å². The highest BCUT2D eigenvalue weighted by Crippen LogP contribution is 2.18. The van der Waals surface area contributed by atoms with Crippen LogP contribution in [0, 0.1) is 0 Å². The Bertz CT molecular complexity index is 544. The molecule has 3 rings (SSSR count). The summed E-state index contributed by atoms with van der Waals surface area (Å²) in [5.41, 5.74) is 0. The van der Waals surface area contributed by atoms with Crippen LogP contribution in [0.1, 0.15) is 49.1 Å². The molecule has 7 nitrogen and oxygen atoms in total. The number of amides is 3. The summed E-state index contributed by atoms with van der Waals surface area (Å²) in [5.74, 6) is 0.266. The first-order chi connectivity index (χ1) is 11.6. The number of urea groups is 1. The average Bonchev–Trinajstić information content (AvgIpc) is 3.11. The van der Waals surface area contributed by atoms with Gasteiger partial charge in [0, 0.05) is 25.2 Å². The van der Waals surface area contributed by atoms with Crippen molar-refractivity contribution in [2.24, 2.45) is 0 Å². The molecule has 24 heavy (non-hydrogen) atoms. The van der Waals surface area contributed by atoms with E-state index in [1.54, 1.807) is 17.0 Å². The summed E-state index contributed by atoms with van der Waals surface area (Å²) in [7, 11) is 0. The number of rotatable bonds is 3. The van der Waals surface area contributed by atoms with Crippen LogP contribution in [-0.2, 0) is 0 Å². The molecule has 2 aliphatic rings. The van der Waals surface area contributed by atoms with Crippen molar-refractivity contribution >= 4 is 11.9 Å². The number of piperidine rings is 1. The number of hydrogen-bond acceptors (Lipinski definition) is 4. The van der Waals surface area contributed by atoms with Gasteiger partial charge in [-0.2, -0.15) is 0 Å². The first kappa shape index (κ1) is 16.8. The molecular weight excluding hydrogens is 310 g/mol. The third-order valence-electron chi connectivity index (χ3n) is 4.88. The molecule has 2 fully saturated rings. The van der Waals surface area contributed by atoms with E-state index in [-0.39, 0.29) is 30.1 Å². The van der Waals surface area contributed by atoms with E-state index in [2.05, 4.69) is 10.6 Å². The first-order valence-corrected chi connectivity index (χ1v) is 8.69. The highest BCUT2D eigenvalue weighted by atomic mass is 16.3. The molecule has 1 saturated heterocycles. The number of likely N-dealkylation sites (tertiary alicyclic amines) is 1. The van der Waals surface area contributed by atoms with Gasteiger partial charge >= 0.3 is 6.03 Å². The van der Waals surface area contributed by atoms with E-state index in [0.29, 0.717) is 18.8 Å². The predicted molar refractivity (Wildman–Crippen MR) is 87.6 cm³/mol. The highest BCUT2D eigenvalue weighted by molar-refractivity contribution is 5.91. The Morgan fingerprint density at radius 1 is 1.04 bits per heavy atom. The smallest absolute Gasteiger partial charge is 0.315 e. The van der Waals surface area contributed by atoms with Crippen molar-refractivity contribution in [1.29, 1.82) is 0 Å². The number of carbonyl (C=O) groups is 2. The summed E-state index contributed by atoms with van der Waals surface area (Å²) in [4.78, 5) is 26.0. The normalized spacial score (nSPS) is 25.3. The standard InChI is InChI=1S/C17H25N3O4/c21-14-5-3-12(4-6-14)18-17(23)19-13-7-9-20(10-8-13)16(22)15-2-1-11-24-15/h1-2,11-14,21H,3-10H2,(H2,18,19,23). The monoisotopic (exact) mass is 335 g/mol. The van der Waals surface area contributed by atoms with Gasteiger partial charge in [-0.05, 0) is 50.7 Å². The number of nitrogens with one attached hydrogen (secondary N) is 2. The summed E-state index contributed by atoms with van der Waals surface area (Å²) in [6.07, 6.45) is 5.90. The lowest BCUT2D eigenvalue weighted by Gasteiger charge is -2.32. The Morgan fingerprint density at radius 2 is 1.67 bits per heavy atom. The van der Waals surface area contributed by atoms with E-state index in [1.807, 2.05) is 0 Å². The van der Waals surface area contributed by atoms with Gasteiger partial charge in [-0.15, -0.1) is 0 Å². The van der Waals surface area contributed by atoms with Crippen LogP contribution >= 0.6 is 0 Å². The SMILES string of the molecule is O=C(NC1CCC(O)CC1)NC1CCN(C(=O)c2ccco2)CC1. The minimum Gasteiger partial charge on any atom is -0.459 e. The largest absolute Gasteiger partial charge is 0.459 e. The summed E-state index contributed by atoms with van der Waals surface area (Å²) in [6, 6.07) is 3.46. The van der Waals surface area contributed by atoms with Gasteiger partial charge in [0.25, 0.3) is 5.91 Å². The summed E-state index contributed by atoms with van der Waals surface area (Å²) >= 11 is 0. The van der Waals surface area contributed by atoms with Gasteiger partial charge in [0.05, 0.1) is 12.4 Å². The van der Waals surface area contributed by atoms with Gasteiger partial charge in [-0.25, -0.2) is 4.79 Å². The lowest BCUT2D eigenvalue weighted by Crippen LogP contribution is -2.51. The highest BCUT2D eigenvalue weighted by Gasteiger charge is 2.27. The molecule has 1 saturated carbocycles. The molecule has 132 valence electrons. The minimum absolute atomic E-state index is 0.0832. The van der Waals surface area contributed by atoms with Gasteiger partial charge in [-0.3, -0.25) is 4.79 Å². The van der Waals surface area contributed by atoms with E-state index >= 15 is 0 Å². The van der Waals surface area contributed by atoms with Crippen LogP contribution in [0.5, 0.6) is 0 Å². The number of carbonyl (C=O) groups excluding carboxylic acids is 2. The fourth-order valence-electron chi connectivity index (χ4n) is 3.42. The van der Waals surface area contributed by atoms with Crippen molar-refractivity contribution in [3.8, 4) is 0 Å². The maximum absolute atomic E-state index is 12.2. The second-order valence-electron chi connectivity index (χ2n) is 6.67. The van der Waals surface area contributed by atoms with E-state index in [1.165, 1.54) is 6.26 Å².